The Kier molecular flexibility index (Phi) is 6.43. The van der Waals surface area contributed by atoms with Crippen LogP contribution in [-0.4, -0.2) is 64.1 Å². The topological polar surface area (TPSA) is 91.2 Å². The van der Waals surface area contributed by atoms with Crippen LogP contribution >= 0.6 is 0 Å². The van der Waals surface area contributed by atoms with E-state index < -0.39 is 0 Å². The molecule has 2 N–H and O–H groups in total. The average molecular weight is 437 g/mol. The number of hydrogen-bond donors (Lipinski definition) is 2. The zero-order valence-electron chi connectivity index (χ0n) is 19.3. The molecule has 170 valence electrons. The maximum Gasteiger partial charge on any atom is 0.231 e. The highest BCUT2D eigenvalue weighted by atomic mass is 16.2. The minimum atomic E-state index is 0.230. The van der Waals surface area contributed by atoms with Gasteiger partial charge in [0, 0.05) is 57.6 Å². The van der Waals surface area contributed by atoms with Crippen LogP contribution in [0.5, 0.6) is 0 Å². The van der Waals surface area contributed by atoms with Crippen LogP contribution in [0.4, 0.5) is 23.1 Å². The molecule has 0 radical (unpaired) electrons. The second-order valence-electron chi connectivity index (χ2n) is 8.65. The molecule has 0 bridgehead atoms. The minimum absolute atomic E-state index is 0.230. The molecule has 3 heterocycles. The number of rotatable bonds is 9. The quantitative estimate of drug-likeness (QED) is 0.495. The van der Waals surface area contributed by atoms with E-state index in [0.717, 1.165) is 48.5 Å². The fourth-order valence-electron chi connectivity index (χ4n) is 3.88. The third-order valence-electron chi connectivity index (χ3n) is 5.67. The molecule has 3 aromatic rings. The summed E-state index contributed by atoms with van der Waals surface area (Å²) in [5, 5.41) is 6.77. The SMILES string of the molecule is CC(C)n1cnc2c(NCCCN3CCCC3=O)nc(Nc3cccc(N(C)C)c3)nc21. The lowest BCUT2D eigenvalue weighted by Gasteiger charge is -2.16. The summed E-state index contributed by atoms with van der Waals surface area (Å²) in [6.45, 7) is 6.56. The number of hydrogen-bond acceptors (Lipinski definition) is 7. The monoisotopic (exact) mass is 436 g/mol. The van der Waals surface area contributed by atoms with Crippen molar-refractivity contribution in [3.8, 4) is 0 Å². The van der Waals surface area contributed by atoms with Gasteiger partial charge in [-0.3, -0.25) is 4.79 Å². The highest BCUT2D eigenvalue weighted by molar-refractivity contribution is 5.85. The molecule has 9 nitrogen and oxygen atoms in total. The smallest absolute Gasteiger partial charge is 0.231 e. The van der Waals surface area contributed by atoms with Crippen LogP contribution in [0, 0.1) is 0 Å². The van der Waals surface area contributed by atoms with E-state index in [1.807, 2.05) is 42.0 Å². The number of carbonyl (C=O) groups is 1. The Morgan fingerprint density at radius 1 is 1.22 bits per heavy atom. The molecule has 1 amide bonds. The van der Waals surface area contributed by atoms with Crippen LogP contribution in [0.25, 0.3) is 11.2 Å². The van der Waals surface area contributed by atoms with Crippen LogP contribution < -0.4 is 15.5 Å². The van der Waals surface area contributed by atoms with E-state index in [4.69, 9.17) is 9.97 Å². The standard InChI is InChI=1S/C23H32N8O/c1-16(2)31-15-25-20-21(24-11-7-13-30-12-6-10-19(30)32)27-23(28-22(20)31)26-17-8-5-9-18(14-17)29(3)4/h5,8-9,14-16H,6-7,10-13H2,1-4H3,(H2,24,26,27,28). The van der Waals surface area contributed by atoms with Gasteiger partial charge in [0.05, 0.1) is 6.33 Å². The molecule has 4 rings (SSSR count). The number of carbonyl (C=O) groups excluding carboxylic acids is 1. The highest BCUT2D eigenvalue weighted by Crippen LogP contribution is 2.26. The fourth-order valence-corrected chi connectivity index (χ4v) is 3.88. The summed E-state index contributed by atoms with van der Waals surface area (Å²) < 4.78 is 2.05. The first kappa shape index (κ1) is 21.9. The summed E-state index contributed by atoms with van der Waals surface area (Å²) in [5.41, 5.74) is 3.56. The molecule has 0 atom stereocenters. The molecule has 1 aliphatic rings. The summed E-state index contributed by atoms with van der Waals surface area (Å²) in [4.78, 5) is 29.9. The number of nitrogens with one attached hydrogen (secondary N) is 2. The number of likely N-dealkylation sites (tertiary alicyclic amines) is 1. The van der Waals surface area contributed by atoms with Crippen molar-refractivity contribution in [2.75, 3.05) is 49.3 Å². The lowest BCUT2D eigenvalue weighted by molar-refractivity contribution is -0.127. The van der Waals surface area contributed by atoms with Crippen LogP contribution in [0.1, 0.15) is 39.2 Å². The molecule has 1 saturated heterocycles. The first-order chi connectivity index (χ1) is 15.4. The van der Waals surface area contributed by atoms with Crippen LogP contribution in [-0.2, 0) is 4.79 Å². The minimum Gasteiger partial charge on any atom is -0.378 e. The number of benzene rings is 1. The Morgan fingerprint density at radius 3 is 2.78 bits per heavy atom. The molecule has 0 unspecified atom stereocenters. The largest absolute Gasteiger partial charge is 0.378 e. The lowest BCUT2D eigenvalue weighted by Crippen LogP contribution is -2.27. The third-order valence-corrected chi connectivity index (χ3v) is 5.67. The van der Waals surface area contributed by atoms with Gasteiger partial charge < -0.3 is 25.0 Å². The van der Waals surface area contributed by atoms with Gasteiger partial charge in [-0.1, -0.05) is 6.07 Å². The number of aromatic nitrogens is 4. The average Bonchev–Trinajstić information content (AvgIpc) is 3.37. The zero-order valence-corrected chi connectivity index (χ0v) is 19.3. The van der Waals surface area contributed by atoms with Crippen molar-refractivity contribution in [3.63, 3.8) is 0 Å². The number of anilines is 4. The molecular formula is C23H32N8O. The number of imidazole rings is 1. The highest BCUT2D eigenvalue weighted by Gasteiger charge is 2.19. The Morgan fingerprint density at radius 2 is 2.06 bits per heavy atom. The van der Waals surface area contributed by atoms with Gasteiger partial charge in [-0.2, -0.15) is 9.97 Å². The Labute approximate surface area is 188 Å². The van der Waals surface area contributed by atoms with Crippen molar-refractivity contribution in [1.29, 1.82) is 0 Å². The first-order valence-corrected chi connectivity index (χ1v) is 11.2. The van der Waals surface area contributed by atoms with Crippen LogP contribution in [0.3, 0.4) is 0 Å². The molecular weight excluding hydrogens is 404 g/mol. The van der Waals surface area contributed by atoms with Crippen molar-refractivity contribution in [2.24, 2.45) is 0 Å². The van der Waals surface area contributed by atoms with Crippen molar-refractivity contribution in [1.82, 2.24) is 24.4 Å². The van der Waals surface area contributed by atoms with Gasteiger partial charge in [0.25, 0.3) is 0 Å². The Bertz CT molecular complexity index is 1090. The van der Waals surface area contributed by atoms with Crippen LogP contribution in [0.2, 0.25) is 0 Å². The fraction of sp³-hybridized carbons (Fsp3) is 0.478. The molecule has 0 saturated carbocycles. The summed E-state index contributed by atoms with van der Waals surface area (Å²) in [6.07, 6.45) is 4.32. The summed E-state index contributed by atoms with van der Waals surface area (Å²) >= 11 is 0. The van der Waals surface area contributed by atoms with E-state index in [-0.39, 0.29) is 11.9 Å². The molecule has 9 heteroatoms. The number of fused-ring (bicyclic) bond motifs is 1. The van der Waals surface area contributed by atoms with Gasteiger partial charge in [-0.25, -0.2) is 4.98 Å². The zero-order chi connectivity index (χ0) is 22.7. The molecule has 1 aliphatic heterocycles. The Balaban J connectivity index is 1.55. The van der Waals surface area contributed by atoms with Gasteiger partial charge in [0.1, 0.15) is 0 Å². The van der Waals surface area contributed by atoms with E-state index in [1.165, 1.54) is 0 Å². The van der Waals surface area contributed by atoms with Gasteiger partial charge in [0.15, 0.2) is 17.0 Å². The third kappa shape index (κ3) is 4.76. The van der Waals surface area contributed by atoms with Gasteiger partial charge in [-0.15, -0.1) is 0 Å². The van der Waals surface area contributed by atoms with E-state index in [2.05, 4.69) is 46.5 Å². The molecule has 0 aliphatic carbocycles. The molecule has 1 aromatic carbocycles. The number of amides is 1. The molecule has 1 fully saturated rings. The van der Waals surface area contributed by atoms with E-state index in [9.17, 15) is 4.79 Å². The maximum atomic E-state index is 11.8. The summed E-state index contributed by atoms with van der Waals surface area (Å²) in [6, 6.07) is 8.36. The predicted molar refractivity (Wildman–Crippen MR) is 129 cm³/mol. The summed E-state index contributed by atoms with van der Waals surface area (Å²) in [5.74, 6) is 1.48. The second-order valence-corrected chi connectivity index (χ2v) is 8.65. The first-order valence-electron chi connectivity index (χ1n) is 11.2. The molecule has 0 spiro atoms. The van der Waals surface area contributed by atoms with E-state index >= 15 is 0 Å². The van der Waals surface area contributed by atoms with Gasteiger partial charge >= 0.3 is 0 Å². The lowest BCUT2D eigenvalue weighted by atomic mass is 10.2. The second kappa shape index (κ2) is 9.42. The van der Waals surface area contributed by atoms with Crippen molar-refractivity contribution in [2.45, 2.75) is 39.2 Å². The molecule has 2 aromatic heterocycles. The van der Waals surface area contributed by atoms with Gasteiger partial charge in [-0.05, 0) is 44.9 Å². The normalized spacial score (nSPS) is 13.9. The number of nitrogens with zero attached hydrogens (tertiary/aromatic N) is 6. The van der Waals surface area contributed by atoms with E-state index in [1.54, 1.807) is 0 Å². The maximum absolute atomic E-state index is 11.8. The predicted octanol–water partition coefficient (Wildman–Crippen LogP) is 3.64. The Hall–Kier alpha value is -3.36. The van der Waals surface area contributed by atoms with Crippen LogP contribution in [0.15, 0.2) is 30.6 Å². The van der Waals surface area contributed by atoms with E-state index in [0.29, 0.717) is 24.7 Å². The summed E-state index contributed by atoms with van der Waals surface area (Å²) in [7, 11) is 4.03. The van der Waals surface area contributed by atoms with Crippen molar-refractivity contribution >= 4 is 40.2 Å². The molecule has 32 heavy (non-hydrogen) atoms. The van der Waals surface area contributed by atoms with Crippen molar-refractivity contribution in [3.05, 3.63) is 30.6 Å². The van der Waals surface area contributed by atoms with Crippen molar-refractivity contribution < 1.29 is 4.79 Å². The van der Waals surface area contributed by atoms with Gasteiger partial charge in [0.2, 0.25) is 11.9 Å².